The normalized spacial score (nSPS) is 24.4. The summed E-state index contributed by atoms with van der Waals surface area (Å²) < 4.78 is 20.6. The third kappa shape index (κ3) is 4.71. The summed E-state index contributed by atoms with van der Waals surface area (Å²) in [6.45, 7) is 6.19. The lowest BCUT2D eigenvalue weighted by molar-refractivity contribution is -0.139. The molecule has 1 aliphatic heterocycles. The highest BCUT2D eigenvalue weighted by Gasteiger charge is 2.32. The minimum atomic E-state index is -0.324. The molecule has 2 aliphatic rings. The Kier molecular flexibility index (Phi) is 6.79. The first-order chi connectivity index (χ1) is 15.0. The van der Waals surface area contributed by atoms with Gasteiger partial charge >= 0.3 is 5.97 Å². The number of benzene rings is 2. The molecule has 2 aromatic carbocycles. The van der Waals surface area contributed by atoms with Gasteiger partial charge in [0.15, 0.2) is 11.6 Å². The van der Waals surface area contributed by atoms with E-state index < -0.39 is 0 Å². The van der Waals surface area contributed by atoms with E-state index in [0.29, 0.717) is 23.8 Å². The quantitative estimate of drug-likeness (QED) is 0.359. The molecule has 31 heavy (non-hydrogen) atoms. The van der Waals surface area contributed by atoms with Crippen LogP contribution in [0.4, 0.5) is 4.39 Å². The van der Waals surface area contributed by atoms with E-state index in [9.17, 15) is 4.79 Å². The molecule has 1 saturated carbocycles. The van der Waals surface area contributed by atoms with Gasteiger partial charge in [-0.25, -0.2) is 4.39 Å². The van der Waals surface area contributed by atoms with Crippen LogP contribution < -0.4 is 4.74 Å². The van der Waals surface area contributed by atoms with Crippen molar-refractivity contribution in [2.75, 3.05) is 0 Å². The van der Waals surface area contributed by atoms with Gasteiger partial charge in [-0.3, -0.25) is 4.79 Å². The molecular formula is C28H35FO2. The van der Waals surface area contributed by atoms with Gasteiger partial charge in [0.05, 0.1) is 5.92 Å². The lowest BCUT2D eigenvalue weighted by atomic mass is 9.72. The van der Waals surface area contributed by atoms with Crippen molar-refractivity contribution in [2.45, 2.75) is 84.0 Å². The fourth-order valence-electron chi connectivity index (χ4n) is 5.39. The number of halogens is 1. The van der Waals surface area contributed by atoms with Crippen molar-refractivity contribution in [3.05, 3.63) is 64.5 Å². The topological polar surface area (TPSA) is 26.3 Å². The van der Waals surface area contributed by atoms with Gasteiger partial charge in [-0.2, -0.15) is 0 Å². The first-order valence-corrected chi connectivity index (χ1v) is 12.1. The molecule has 1 aliphatic carbocycles. The third-order valence-corrected chi connectivity index (χ3v) is 7.58. The van der Waals surface area contributed by atoms with Crippen molar-refractivity contribution in [1.82, 2.24) is 0 Å². The molecule has 0 N–H and O–H groups in total. The van der Waals surface area contributed by atoms with Crippen LogP contribution in [0.25, 0.3) is 0 Å². The van der Waals surface area contributed by atoms with E-state index in [1.165, 1.54) is 30.4 Å². The maximum atomic E-state index is 15.3. The maximum absolute atomic E-state index is 15.3. The largest absolute Gasteiger partial charge is 0.423 e. The Morgan fingerprint density at radius 3 is 2.45 bits per heavy atom. The Hall–Kier alpha value is -2.16. The number of hydrogen-bond acceptors (Lipinski definition) is 2. The van der Waals surface area contributed by atoms with Crippen LogP contribution in [0.15, 0.2) is 36.4 Å². The average Bonchev–Trinajstić information content (AvgIpc) is 2.79. The Morgan fingerprint density at radius 1 is 1.06 bits per heavy atom. The van der Waals surface area contributed by atoms with Gasteiger partial charge < -0.3 is 4.74 Å². The van der Waals surface area contributed by atoms with Gasteiger partial charge in [-0.1, -0.05) is 63.6 Å². The van der Waals surface area contributed by atoms with Crippen molar-refractivity contribution < 1.29 is 13.9 Å². The number of ether oxygens (including phenoxy) is 1. The first kappa shape index (κ1) is 22.0. The maximum Gasteiger partial charge on any atom is 0.314 e. The number of hydrogen-bond donors (Lipinski definition) is 0. The molecule has 0 aromatic heterocycles. The fourth-order valence-corrected chi connectivity index (χ4v) is 5.39. The van der Waals surface area contributed by atoms with Crippen molar-refractivity contribution in [3.8, 4) is 5.75 Å². The highest BCUT2D eigenvalue weighted by molar-refractivity contribution is 5.77. The summed E-state index contributed by atoms with van der Waals surface area (Å²) in [5.74, 6) is 0.522. The van der Waals surface area contributed by atoms with Crippen molar-refractivity contribution >= 4 is 5.97 Å². The number of esters is 1. The second kappa shape index (κ2) is 9.54. The zero-order valence-corrected chi connectivity index (χ0v) is 19.1. The van der Waals surface area contributed by atoms with Crippen LogP contribution >= 0.6 is 0 Å². The summed E-state index contributed by atoms with van der Waals surface area (Å²) in [5.41, 5.74) is 4.40. The summed E-state index contributed by atoms with van der Waals surface area (Å²) in [5, 5.41) is 0. The van der Waals surface area contributed by atoms with Crippen LogP contribution in [-0.2, 0) is 17.6 Å². The summed E-state index contributed by atoms with van der Waals surface area (Å²) in [6, 6.07) is 13.1. The van der Waals surface area contributed by atoms with Gasteiger partial charge in [-0.15, -0.1) is 0 Å². The number of aryl methyl sites for hydroxylation is 1. The van der Waals surface area contributed by atoms with E-state index in [-0.39, 0.29) is 29.4 Å². The second-order valence-electron chi connectivity index (χ2n) is 9.73. The minimum Gasteiger partial charge on any atom is -0.423 e. The summed E-state index contributed by atoms with van der Waals surface area (Å²) in [4.78, 5) is 11.9. The molecule has 0 amide bonds. The number of carbonyl (C=O) groups excluding carboxylic acids is 1. The zero-order valence-electron chi connectivity index (χ0n) is 19.1. The zero-order chi connectivity index (χ0) is 22.0. The van der Waals surface area contributed by atoms with Crippen LogP contribution in [-0.4, -0.2) is 5.97 Å². The highest BCUT2D eigenvalue weighted by atomic mass is 19.1. The molecule has 166 valence electrons. The Morgan fingerprint density at radius 2 is 1.77 bits per heavy atom. The van der Waals surface area contributed by atoms with Crippen LogP contribution in [0.3, 0.4) is 0 Å². The Labute approximate surface area is 186 Å². The molecule has 2 aromatic rings. The summed E-state index contributed by atoms with van der Waals surface area (Å²) in [7, 11) is 0. The van der Waals surface area contributed by atoms with Crippen LogP contribution in [0, 0.1) is 17.7 Å². The molecule has 0 radical (unpaired) electrons. The first-order valence-electron chi connectivity index (χ1n) is 12.1. The number of fused-ring (bicyclic) bond motifs is 1. The molecule has 0 saturated heterocycles. The Balaban J connectivity index is 1.40. The van der Waals surface area contributed by atoms with E-state index in [4.69, 9.17) is 4.74 Å². The van der Waals surface area contributed by atoms with Gasteiger partial charge in [0.1, 0.15) is 0 Å². The summed E-state index contributed by atoms with van der Waals surface area (Å²) in [6.07, 6.45) is 8.73. The molecule has 0 spiro atoms. The van der Waals surface area contributed by atoms with E-state index >= 15 is 4.39 Å². The molecule has 3 heteroatoms. The predicted molar refractivity (Wildman–Crippen MR) is 123 cm³/mol. The predicted octanol–water partition coefficient (Wildman–Crippen LogP) is 7.34. The number of carbonyl (C=O) groups is 1. The van der Waals surface area contributed by atoms with E-state index in [1.807, 2.05) is 19.1 Å². The monoisotopic (exact) mass is 422 g/mol. The van der Waals surface area contributed by atoms with Crippen molar-refractivity contribution in [2.24, 2.45) is 11.8 Å². The molecule has 4 rings (SSSR count). The van der Waals surface area contributed by atoms with E-state index in [0.717, 1.165) is 31.2 Å². The van der Waals surface area contributed by atoms with Gasteiger partial charge in [0.25, 0.3) is 0 Å². The average molecular weight is 423 g/mol. The standard InChI is InChI=1S/C28H35FO2/c1-4-5-6-20-7-9-22(10-8-20)23-13-11-21(12-14-23)19(3)25-16-15-24-17-18(2)28(30)31-27(24)26(25)29/h7-10,15-16,18-19,21,23H,4-6,11-14,17H2,1-3H3. The highest BCUT2D eigenvalue weighted by Crippen LogP contribution is 2.44. The number of rotatable bonds is 6. The summed E-state index contributed by atoms with van der Waals surface area (Å²) >= 11 is 0. The lowest BCUT2D eigenvalue weighted by Gasteiger charge is -2.33. The lowest BCUT2D eigenvalue weighted by Crippen LogP contribution is -2.27. The molecule has 0 bridgehead atoms. The molecule has 2 nitrogen and oxygen atoms in total. The van der Waals surface area contributed by atoms with Crippen molar-refractivity contribution in [3.63, 3.8) is 0 Å². The van der Waals surface area contributed by atoms with Crippen LogP contribution in [0.5, 0.6) is 5.75 Å². The molecule has 2 unspecified atom stereocenters. The molecule has 1 heterocycles. The fraction of sp³-hybridized carbons (Fsp3) is 0.536. The van der Waals surface area contributed by atoms with E-state index in [1.54, 1.807) is 0 Å². The smallest absolute Gasteiger partial charge is 0.314 e. The molecular weight excluding hydrogens is 387 g/mol. The SMILES string of the molecule is CCCCc1ccc(C2CCC(C(C)c3ccc4c(c3F)OC(=O)C(C)C4)CC2)cc1. The number of unbranched alkanes of at least 4 members (excludes halogenated alkanes) is 1. The third-order valence-electron chi connectivity index (χ3n) is 7.58. The second-order valence-corrected chi connectivity index (χ2v) is 9.73. The van der Waals surface area contributed by atoms with Gasteiger partial charge in [0.2, 0.25) is 0 Å². The van der Waals surface area contributed by atoms with Gasteiger partial charge in [-0.05, 0) is 85.0 Å². The van der Waals surface area contributed by atoms with E-state index in [2.05, 4.69) is 38.1 Å². The van der Waals surface area contributed by atoms with Gasteiger partial charge in [0, 0.05) is 0 Å². The molecule has 1 fully saturated rings. The minimum absolute atomic E-state index is 0.126. The van der Waals surface area contributed by atoms with Crippen molar-refractivity contribution in [1.29, 1.82) is 0 Å². The van der Waals surface area contributed by atoms with Crippen LogP contribution in [0.2, 0.25) is 0 Å². The molecule has 2 atom stereocenters. The van der Waals surface area contributed by atoms with Crippen LogP contribution in [0.1, 0.15) is 93.4 Å². The Bertz CT molecular complexity index is 909.